The molecule has 0 aliphatic heterocycles. The van der Waals surface area contributed by atoms with Crippen molar-refractivity contribution in [1.29, 1.82) is 0 Å². The zero-order chi connectivity index (χ0) is 64.4. The summed E-state index contributed by atoms with van der Waals surface area (Å²) < 4.78 is 0. The predicted octanol–water partition coefficient (Wildman–Crippen LogP) is 19.3. The molecule has 0 nitrogen and oxygen atoms in total. The van der Waals surface area contributed by atoms with Crippen LogP contribution in [0.15, 0.2) is 0 Å². The minimum Gasteiger partial charge on any atom is -0.0715 e. The summed E-state index contributed by atoms with van der Waals surface area (Å²) in [7, 11) is 2.17. The normalized spacial score (nSPS) is 7.53. The van der Waals surface area contributed by atoms with Gasteiger partial charge in [0, 0.05) is 511 Å². The summed E-state index contributed by atoms with van der Waals surface area (Å²) in [6.07, 6.45) is 0. The second kappa shape index (κ2) is 206. The van der Waals surface area contributed by atoms with E-state index in [0.717, 1.165) is 0 Å². The van der Waals surface area contributed by atoms with Crippen molar-refractivity contribution in [3.63, 3.8) is 0 Å². The van der Waals surface area contributed by atoms with Crippen LogP contribution in [0, 0.1) is 0 Å². The fourth-order valence-electron chi connectivity index (χ4n) is 0. The maximum Gasteiger partial charge on any atom is 0.0379 e. The van der Waals surface area contributed by atoms with Crippen LogP contribution in [0.25, 0.3) is 0 Å². The molecule has 0 heterocycles. The van der Waals surface area contributed by atoms with Gasteiger partial charge in [-0.2, -0.15) is 0 Å². The molecule has 0 aliphatic rings. The van der Waals surface area contributed by atoms with Gasteiger partial charge < -0.3 is 0 Å². The fourth-order valence-corrected chi connectivity index (χ4v) is 0. The van der Waals surface area contributed by atoms with E-state index in [9.17, 15) is 0 Å². The van der Waals surface area contributed by atoms with Crippen LogP contribution in [-0.2, 0) is 0 Å². The van der Waals surface area contributed by atoms with Crippen molar-refractivity contribution in [1.82, 2.24) is 0 Å². The molecule has 0 saturated heterocycles. The molecule has 0 bridgehead atoms. The first kappa shape index (κ1) is 212. The molecule has 0 aromatic heterocycles. The van der Waals surface area contributed by atoms with Crippen molar-refractivity contribution in [2.45, 2.75) is 354 Å². The van der Waals surface area contributed by atoms with Crippen molar-refractivity contribution in [3.8, 4) is 0 Å². The van der Waals surface area contributed by atoms with Gasteiger partial charge in [0.25, 0.3) is 0 Å². The first-order chi connectivity index (χ1) is 31.2. The Bertz CT molecular complexity index is 438. The molecule has 0 aliphatic carbocycles. The van der Waals surface area contributed by atoms with Crippen LogP contribution in [0.2, 0.25) is 354 Å². The number of hydrogen-bond donors (Lipinski definition) is 0. The van der Waals surface area contributed by atoms with E-state index < -0.39 is 0 Å². The van der Waals surface area contributed by atoms with Gasteiger partial charge in [-0.05, 0) is 0 Å². The summed E-state index contributed by atoms with van der Waals surface area (Å²) in [6.45, 7) is 123. The molecule has 86 heavy (non-hydrogen) atoms. The molecule has 32 heteroatoms. The first-order valence-electron chi connectivity index (χ1n) is 27.0. The Morgan fingerprint density at radius 3 is 0.0698 bits per heavy atom. The smallest absolute Gasteiger partial charge is 0.0379 e. The molecule has 66 radical (unpaired) electrons. The summed E-state index contributed by atoms with van der Waals surface area (Å²) in [5, 5.41) is 0. The van der Waals surface area contributed by atoms with Crippen LogP contribution in [0.5, 0.6) is 0 Å². The van der Waals surface area contributed by atoms with Gasteiger partial charge >= 0.3 is 0 Å². The van der Waals surface area contributed by atoms with Gasteiger partial charge in [-0.15, -0.1) is 0 Å². The number of hydrogen-bond acceptors (Lipinski definition) is 0. The van der Waals surface area contributed by atoms with E-state index in [2.05, 4.69) is 354 Å². The standard InChI is InChI=1S/18C3H9Si.8Bi.6Sn/c18*1-4(2)3;;;;;;;;;;;;;;/h18*1-3H3;;;;;;;;;;;;;;. The molecule has 0 saturated carbocycles. The van der Waals surface area contributed by atoms with Crippen molar-refractivity contribution >= 4 is 511 Å². The Balaban J connectivity index is -0.0000000119. The third kappa shape index (κ3) is 3920. The largest absolute Gasteiger partial charge is 0.0715 e. The molecule has 0 rings (SSSR count). The van der Waals surface area contributed by atoms with Gasteiger partial charge in [-0.25, -0.2) is 0 Å². The second-order valence-electron chi connectivity index (χ2n) is 27.0. The third-order valence-corrected chi connectivity index (χ3v) is 0. The van der Waals surface area contributed by atoms with E-state index in [-0.39, 0.29) is 511 Å². The maximum atomic E-state index is 2.27. The van der Waals surface area contributed by atoms with Crippen LogP contribution in [0.4, 0.5) is 0 Å². The van der Waals surface area contributed by atoms with Crippen molar-refractivity contribution in [2.24, 2.45) is 0 Å². The summed E-state index contributed by atoms with van der Waals surface area (Å²) in [5.74, 6) is 0. The molecule has 0 fully saturated rings. The fraction of sp³-hybridized carbons (Fsp3) is 1.00. The van der Waals surface area contributed by atoms with Gasteiger partial charge in [0.05, 0.1) is 0 Å². The quantitative estimate of drug-likeness (QED) is 0.212. The van der Waals surface area contributed by atoms with Gasteiger partial charge in [-0.1, -0.05) is 354 Å². The molecule has 0 atom stereocenters. The molecule has 514 valence electrons. The zero-order valence-electron chi connectivity index (χ0n) is 69.6. The summed E-state index contributed by atoms with van der Waals surface area (Å²) in [6, 6.07) is 0. The Morgan fingerprint density at radius 1 is 0.0698 bits per heavy atom. The van der Waals surface area contributed by atoms with Crippen molar-refractivity contribution < 1.29 is 0 Å². The Hall–Kier alpha value is 15.8. The third-order valence-electron chi connectivity index (χ3n) is 0. The van der Waals surface area contributed by atoms with Crippen molar-refractivity contribution in [2.75, 3.05) is 0 Å². The number of rotatable bonds is 0. The van der Waals surface area contributed by atoms with Crippen LogP contribution >= 0.6 is 0 Å². The molecule has 0 amide bonds. The maximum absolute atomic E-state index is 2.27. The van der Waals surface area contributed by atoms with Crippen molar-refractivity contribution in [3.05, 3.63) is 0 Å². The van der Waals surface area contributed by atoms with E-state index in [4.69, 9.17) is 0 Å². The van der Waals surface area contributed by atoms with E-state index in [1.54, 1.807) is 0 Å². The Morgan fingerprint density at radius 2 is 0.0698 bits per heavy atom. The molecule has 0 aromatic rings. The monoisotopic (exact) mass is 3710 g/mol. The average molecular weight is 3700 g/mol. The van der Waals surface area contributed by atoms with Gasteiger partial charge in [0.2, 0.25) is 0 Å². The molecule has 0 aromatic carbocycles. The molecule has 0 N–H and O–H groups in total. The topological polar surface area (TPSA) is 0 Å². The van der Waals surface area contributed by atoms with E-state index in [1.807, 2.05) is 0 Å². The van der Waals surface area contributed by atoms with Crippen LogP contribution in [0.3, 0.4) is 0 Å². The van der Waals surface area contributed by atoms with E-state index >= 15 is 0 Å². The van der Waals surface area contributed by atoms with Crippen LogP contribution in [0.1, 0.15) is 0 Å². The minimum absolute atomic E-state index is 0. The van der Waals surface area contributed by atoms with E-state index in [0.29, 0.717) is 0 Å². The summed E-state index contributed by atoms with van der Waals surface area (Å²) in [4.78, 5) is 0. The van der Waals surface area contributed by atoms with Crippen LogP contribution < -0.4 is 0 Å². The second-order valence-corrected chi connectivity index (χ2v) is 81.0. The average Bonchev–Trinajstić information content (AvgIpc) is 2.91. The zero-order valence-corrected chi connectivity index (χ0v) is 133. The van der Waals surface area contributed by atoms with E-state index in [1.165, 1.54) is 0 Å². The first-order valence-corrected chi connectivity index (χ1v) is 81.0. The van der Waals surface area contributed by atoms with Gasteiger partial charge in [-0.3, -0.25) is 0 Å². The van der Waals surface area contributed by atoms with Crippen LogP contribution in [-0.4, -0.2) is 511 Å². The summed E-state index contributed by atoms with van der Waals surface area (Å²) in [5.41, 5.74) is 0. The molecular weight excluding hydrogens is 3540 g/mol. The molecule has 0 unspecified atom stereocenters. The SMILES string of the molecule is C[Si](C)C.C[Si](C)C.C[Si](C)C.C[Si](C)C.C[Si](C)C.C[Si](C)C.C[Si](C)C.C[Si](C)C.C[Si](C)C.C[Si](C)C.C[Si](C)C.C[Si](C)C.C[Si](C)C.C[Si](C)C.C[Si](C)C.C[Si](C)C.C[Si](C)C.C[Si](C)C.[Bi].[Bi].[Bi].[Bi].[Bi].[Bi].[Bi].[Bi].[Sn].[Sn].[Sn].[Sn].[Sn].[Sn]. The minimum atomic E-state index is 0. The summed E-state index contributed by atoms with van der Waals surface area (Å²) >= 11 is 0. The Labute approximate surface area is 847 Å². The van der Waals surface area contributed by atoms with Gasteiger partial charge in [0.1, 0.15) is 0 Å². The van der Waals surface area contributed by atoms with Gasteiger partial charge in [0.15, 0.2) is 0 Å². The Kier molecular flexibility index (Phi) is 509. The predicted molar refractivity (Wildman–Crippen MR) is 501 cm³/mol. The molecular formula is C54H162Bi8Si18Sn6. The molecule has 0 spiro atoms.